The van der Waals surface area contributed by atoms with Crippen LogP contribution in [0.4, 0.5) is 0 Å². The number of aromatic nitrogens is 2. The van der Waals surface area contributed by atoms with E-state index in [2.05, 4.69) is 10.4 Å². The quantitative estimate of drug-likeness (QED) is 0.888. The molecular formula is C12H14ClN3O. The summed E-state index contributed by atoms with van der Waals surface area (Å²) in [5, 5.41) is 8.26. The summed E-state index contributed by atoms with van der Waals surface area (Å²) in [4.78, 5) is 0. The van der Waals surface area contributed by atoms with E-state index in [0.717, 1.165) is 17.9 Å². The standard InChI is InChI=1S/C12H14ClN3O/c13-10-5-15-16(8-10)7-9-3-4-17-12(9)6-14-11-1-2-11/h3-5,8,11,14H,1-2,6-7H2. The van der Waals surface area contributed by atoms with E-state index in [1.807, 2.05) is 16.9 Å². The van der Waals surface area contributed by atoms with Gasteiger partial charge in [0.15, 0.2) is 0 Å². The summed E-state index contributed by atoms with van der Waals surface area (Å²) >= 11 is 5.83. The van der Waals surface area contributed by atoms with Crippen molar-refractivity contribution < 1.29 is 4.42 Å². The molecule has 0 unspecified atom stereocenters. The van der Waals surface area contributed by atoms with Gasteiger partial charge < -0.3 is 9.73 Å². The highest BCUT2D eigenvalue weighted by Crippen LogP contribution is 2.20. The van der Waals surface area contributed by atoms with Gasteiger partial charge in [0.2, 0.25) is 0 Å². The summed E-state index contributed by atoms with van der Waals surface area (Å²) in [7, 11) is 0. The molecule has 0 amide bonds. The van der Waals surface area contributed by atoms with E-state index >= 15 is 0 Å². The van der Waals surface area contributed by atoms with Crippen LogP contribution < -0.4 is 5.32 Å². The Balaban J connectivity index is 1.67. The number of hydrogen-bond acceptors (Lipinski definition) is 3. The van der Waals surface area contributed by atoms with Crippen molar-refractivity contribution in [2.24, 2.45) is 0 Å². The summed E-state index contributed by atoms with van der Waals surface area (Å²) in [5.41, 5.74) is 1.15. The van der Waals surface area contributed by atoms with E-state index in [4.69, 9.17) is 16.0 Å². The Labute approximate surface area is 105 Å². The molecule has 0 aliphatic heterocycles. The number of nitrogens with zero attached hydrogens (tertiary/aromatic N) is 2. The molecule has 1 N–H and O–H groups in total. The number of rotatable bonds is 5. The number of hydrogen-bond donors (Lipinski definition) is 1. The molecule has 2 heterocycles. The monoisotopic (exact) mass is 251 g/mol. The molecule has 1 fully saturated rings. The molecule has 2 aromatic rings. The number of halogens is 1. The molecular weight excluding hydrogens is 238 g/mol. The summed E-state index contributed by atoms with van der Waals surface area (Å²) in [6.45, 7) is 1.49. The van der Waals surface area contributed by atoms with Gasteiger partial charge in [-0.15, -0.1) is 0 Å². The van der Waals surface area contributed by atoms with E-state index in [0.29, 0.717) is 17.6 Å². The van der Waals surface area contributed by atoms with Crippen molar-refractivity contribution in [2.45, 2.75) is 32.0 Å². The molecule has 1 aliphatic carbocycles. The third-order valence-corrected chi connectivity index (χ3v) is 3.10. The van der Waals surface area contributed by atoms with Gasteiger partial charge in [-0.25, -0.2) is 0 Å². The molecule has 0 bridgehead atoms. The molecule has 5 heteroatoms. The van der Waals surface area contributed by atoms with Gasteiger partial charge >= 0.3 is 0 Å². The Morgan fingerprint density at radius 2 is 2.41 bits per heavy atom. The maximum Gasteiger partial charge on any atom is 0.122 e. The first-order valence-corrected chi connectivity index (χ1v) is 6.15. The lowest BCUT2D eigenvalue weighted by molar-refractivity contribution is 0.474. The molecule has 0 atom stereocenters. The average Bonchev–Trinajstić information content (AvgIpc) is 2.90. The third-order valence-electron chi connectivity index (χ3n) is 2.90. The largest absolute Gasteiger partial charge is 0.468 e. The Hall–Kier alpha value is -1.26. The molecule has 3 rings (SSSR count). The highest BCUT2D eigenvalue weighted by Gasteiger charge is 2.21. The van der Waals surface area contributed by atoms with Crippen LogP contribution in [-0.2, 0) is 13.1 Å². The first-order chi connectivity index (χ1) is 8.31. The molecule has 17 heavy (non-hydrogen) atoms. The van der Waals surface area contributed by atoms with Gasteiger partial charge in [-0.05, 0) is 18.9 Å². The molecule has 1 saturated carbocycles. The van der Waals surface area contributed by atoms with Crippen molar-refractivity contribution in [3.63, 3.8) is 0 Å². The lowest BCUT2D eigenvalue weighted by atomic mass is 10.2. The van der Waals surface area contributed by atoms with Crippen LogP contribution in [0.15, 0.2) is 29.1 Å². The topological polar surface area (TPSA) is 43.0 Å². The maximum absolute atomic E-state index is 5.83. The summed E-state index contributed by atoms with van der Waals surface area (Å²) in [6.07, 6.45) is 7.75. The van der Waals surface area contributed by atoms with Crippen molar-refractivity contribution in [2.75, 3.05) is 0 Å². The van der Waals surface area contributed by atoms with Gasteiger partial charge in [0.1, 0.15) is 5.76 Å². The number of furan rings is 1. The normalized spacial score (nSPS) is 15.4. The van der Waals surface area contributed by atoms with Crippen molar-refractivity contribution >= 4 is 11.6 Å². The fourth-order valence-corrected chi connectivity index (χ4v) is 1.94. The highest BCUT2D eigenvalue weighted by atomic mass is 35.5. The Morgan fingerprint density at radius 1 is 1.53 bits per heavy atom. The fourth-order valence-electron chi connectivity index (χ4n) is 1.79. The van der Waals surface area contributed by atoms with Crippen LogP contribution >= 0.6 is 11.6 Å². The van der Waals surface area contributed by atoms with Crippen LogP contribution in [0.1, 0.15) is 24.2 Å². The van der Waals surface area contributed by atoms with Crippen molar-refractivity contribution in [3.8, 4) is 0 Å². The first-order valence-electron chi connectivity index (χ1n) is 5.78. The van der Waals surface area contributed by atoms with Gasteiger partial charge in [-0.2, -0.15) is 5.10 Å². The average molecular weight is 252 g/mol. The summed E-state index contributed by atoms with van der Waals surface area (Å²) < 4.78 is 7.30. The van der Waals surface area contributed by atoms with Crippen molar-refractivity contribution in [1.82, 2.24) is 15.1 Å². The van der Waals surface area contributed by atoms with Gasteiger partial charge in [0, 0.05) is 17.8 Å². The molecule has 90 valence electrons. The van der Waals surface area contributed by atoms with Gasteiger partial charge in [0.05, 0.1) is 30.6 Å². The first kappa shape index (κ1) is 10.9. The molecule has 0 radical (unpaired) electrons. The Morgan fingerprint density at radius 3 is 3.12 bits per heavy atom. The maximum atomic E-state index is 5.83. The lowest BCUT2D eigenvalue weighted by Crippen LogP contribution is -2.16. The van der Waals surface area contributed by atoms with Gasteiger partial charge in [0.25, 0.3) is 0 Å². The Bertz CT molecular complexity index is 501. The van der Waals surface area contributed by atoms with E-state index in [9.17, 15) is 0 Å². The summed E-state index contributed by atoms with van der Waals surface area (Å²) in [5.74, 6) is 0.989. The highest BCUT2D eigenvalue weighted by molar-refractivity contribution is 6.30. The molecule has 2 aromatic heterocycles. The summed E-state index contributed by atoms with van der Waals surface area (Å²) in [6, 6.07) is 2.67. The van der Waals surface area contributed by atoms with Crippen LogP contribution in [0.5, 0.6) is 0 Å². The second-order valence-electron chi connectivity index (χ2n) is 4.38. The molecule has 0 saturated heterocycles. The zero-order valence-corrected chi connectivity index (χ0v) is 10.2. The van der Waals surface area contributed by atoms with Crippen LogP contribution in [0.3, 0.4) is 0 Å². The van der Waals surface area contributed by atoms with Crippen LogP contribution in [-0.4, -0.2) is 15.8 Å². The van der Waals surface area contributed by atoms with Gasteiger partial charge in [-0.1, -0.05) is 11.6 Å². The van der Waals surface area contributed by atoms with E-state index in [1.54, 1.807) is 12.5 Å². The predicted molar refractivity (Wildman–Crippen MR) is 64.9 cm³/mol. The van der Waals surface area contributed by atoms with E-state index in [1.165, 1.54) is 12.8 Å². The zero-order valence-electron chi connectivity index (χ0n) is 9.40. The minimum Gasteiger partial charge on any atom is -0.468 e. The fraction of sp³-hybridized carbons (Fsp3) is 0.417. The van der Waals surface area contributed by atoms with Crippen LogP contribution in [0, 0.1) is 0 Å². The molecule has 0 spiro atoms. The van der Waals surface area contributed by atoms with Crippen LogP contribution in [0.25, 0.3) is 0 Å². The smallest absolute Gasteiger partial charge is 0.122 e. The van der Waals surface area contributed by atoms with Gasteiger partial charge in [-0.3, -0.25) is 4.68 Å². The van der Waals surface area contributed by atoms with Crippen LogP contribution in [0.2, 0.25) is 5.02 Å². The van der Waals surface area contributed by atoms with Crippen molar-refractivity contribution in [3.05, 3.63) is 41.1 Å². The van der Waals surface area contributed by atoms with Crippen molar-refractivity contribution in [1.29, 1.82) is 0 Å². The third kappa shape index (κ3) is 2.70. The lowest BCUT2D eigenvalue weighted by Gasteiger charge is -2.04. The minimum absolute atomic E-state index is 0.658. The van der Waals surface area contributed by atoms with E-state index < -0.39 is 0 Å². The molecule has 1 aliphatic rings. The molecule has 0 aromatic carbocycles. The Kier molecular flexibility index (Phi) is 2.91. The number of nitrogens with one attached hydrogen (secondary N) is 1. The van der Waals surface area contributed by atoms with E-state index in [-0.39, 0.29) is 0 Å². The second kappa shape index (κ2) is 4.55. The predicted octanol–water partition coefficient (Wildman–Crippen LogP) is 2.43. The second-order valence-corrected chi connectivity index (χ2v) is 4.82. The minimum atomic E-state index is 0.658. The molecule has 4 nitrogen and oxygen atoms in total. The zero-order chi connectivity index (χ0) is 11.7. The SMILES string of the molecule is Clc1cnn(Cc2ccoc2CNC2CC2)c1.